The van der Waals surface area contributed by atoms with Gasteiger partial charge in [0, 0.05) is 20.1 Å². The normalized spacial score (nSPS) is 11.5. The first kappa shape index (κ1) is 16.1. The zero-order chi connectivity index (χ0) is 15.5. The highest BCUT2D eigenvalue weighted by molar-refractivity contribution is 9.10. The highest BCUT2D eigenvalue weighted by Gasteiger charge is 2.14. The summed E-state index contributed by atoms with van der Waals surface area (Å²) < 4.78 is 28.1. The quantitative estimate of drug-likeness (QED) is 0.715. The molecule has 2 rings (SSSR count). The summed E-state index contributed by atoms with van der Waals surface area (Å²) in [6, 6.07) is 3.22. The van der Waals surface area contributed by atoms with Crippen molar-refractivity contribution in [3.63, 3.8) is 0 Å². The van der Waals surface area contributed by atoms with E-state index in [2.05, 4.69) is 31.1 Å². The molecule has 2 heterocycles. The van der Waals surface area contributed by atoms with E-state index < -0.39 is 10.0 Å². The summed E-state index contributed by atoms with van der Waals surface area (Å²) in [5.41, 5.74) is 0.257. The van der Waals surface area contributed by atoms with Crippen LogP contribution < -0.4 is 15.6 Å². The molecule has 0 bridgehead atoms. The average molecular weight is 393 g/mol. The van der Waals surface area contributed by atoms with Gasteiger partial charge >= 0.3 is 0 Å². The summed E-state index contributed by atoms with van der Waals surface area (Å²) in [6.45, 7) is 0.528. The van der Waals surface area contributed by atoms with Gasteiger partial charge in [0.2, 0.25) is 10.0 Å². The van der Waals surface area contributed by atoms with Gasteiger partial charge in [0.15, 0.2) is 0 Å². The summed E-state index contributed by atoms with van der Waals surface area (Å²) in [4.78, 5) is 11.6. The Morgan fingerprint density at radius 2 is 2.19 bits per heavy atom. The minimum Gasteiger partial charge on any atom is -0.381 e. The van der Waals surface area contributed by atoms with Crippen molar-refractivity contribution in [2.45, 2.75) is 4.21 Å². The van der Waals surface area contributed by atoms with Gasteiger partial charge in [-0.15, -0.1) is 11.3 Å². The van der Waals surface area contributed by atoms with Crippen LogP contribution in [0.5, 0.6) is 0 Å². The smallest absolute Gasteiger partial charge is 0.282 e. The molecule has 0 amide bonds. The van der Waals surface area contributed by atoms with E-state index in [-0.39, 0.29) is 16.3 Å². The number of aromatic nitrogens is 2. The summed E-state index contributed by atoms with van der Waals surface area (Å²) in [6.07, 6.45) is 1.50. The molecule has 0 spiro atoms. The lowest BCUT2D eigenvalue weighted by atomic mass is 10.4. The number of hydrogen-bond acceptors (Lipinski definition) is 6. The molecule has 2 aromatic rings. The van der Waals surface area contributed by atoms with E-state index >= 15 is 0 Å². The van der Waals surface area contributed by atoms with Gasteiger partial charge < -0.3 is 5.32 Å². The van der Waals surface area contributed by atoms with Crippen molar-refractivity contribution in [2.24, 2.45) is 7.05 Å². The van der Waals surface area contributed by atoms with Gasteiger partial charge in [-0.1, -0.05) is 6.07 Å². The zero-order valence-corrected chi connectivity index (χ0v) is 14.3. The monoisotopic (exact) mass is 392 g/mol. The molecule has 0 fully saturated rings. The highest BCUT2D eigenvalue weighted by Crippen LogP contribution is 2.16. The van der Waals surface area contributed by atoms with E-state index in [1.807, 2.05) is 0 Å². The van der Waals surface area contributed by atoms with Crippen molar-refractivity contribution in [1.82, 2.24) is 14.5 Å². The van der Waals surface area contributed by atoms with Crippen molar-refractivity contribution < 1.29 is 8.42 Å². The van der Waals surface area contributed by atoms with E-state index in [0.29, 0.717) is 16.7 Å². The fourth-order valence-corrected chi connectivity index (χ4v) is 4.07. The van der Waals surface area contributed by atoms with Crippen LogP contribution in [0.1, 0.15) is 0 Å². The Morgan fingerprint density at radius 3 is 2.86 bits per heavy atom. The van der Waals surface area contributed by atoms with Crippen LogP contribution in [0, 0.1) is 0 Å². The second kappa shape index (κ2) is 6.69. The van der Waals surface area contributed by atoms with Gasteiger partial charge in [-0.05, 0) is 27.4 Å². The fraction of sp³-hybridized carbons (Fsp3) is 0.273. The van der Waals surface area contributed by atoms with Gasteiger partial charge in [-0.3, -0.25) is 4.79 Å². The summed E-state index contributed by atoms with van der Waals surface area (Å²) in [5, 5.41) is 8.54. The standard InChI is InChI=1S/C11H13BrN4O3S2/c1-16-11(17)10(12)8(7-14-16)13-4-5-15-21(18,19)9-3-2-6-20-9/h2-3,6-7,13,15H,4-5H2,1H3. The van der Waals surface area contributed by atoms with E-state index in [9.17, 15) is 13.2 Å². The van der Waals surface area contributed by atoms with E-state index in [0.717, 1.165) is 11.3 Å². The fourth-order valence-electron chi connectivity index (χ4n) is 1.50. The molecule has 0 aliphatic heterocycles. The maximum Gasteiger partial charge on any atom is 0.282 e. The van der Waals surface area contributed by atoms with Crippen molar-refractivity contribution in [3.05, 3.63) is 38.5 Å². The molecule has 2 aromatic heterocycles. The Balaban J connectivity index is 1.91. The molecule has 0 aliphatic rings. The number of halogens is 1. The summed E-state index contributed by atoms with van der Waals surface area (Å²) in [7, 11) is -1.91. The van der Waals surface area contributed by atoms with Crippen molar-refractivity contribution in [2.75, 3.05) is 18.4 Å². The van der Waals surface area contributed by atoms with Gasteiger partial charge in [-0.2, -0.15) is 5.10 Å². The van der Waals surface area contributed by atoms with Gasteiger partial charge in [-0.25, -0.2) is 17.8 Å². The predicted octanol–water partition coefficient (Wildman–Crippen LogP) is 0.995. The van der Waals surface area contributed by atoms with E-state index in [1.54, 1.807) is 24.6 Å². The molecule has 114 valence electrons. The van der Waals surface area contributed by atoms with Crippen LogP contribution in [0.4, 0.5) is 5.69 Å². The van der Waals surface area contributed by atoms with E-state index in [1.165, 1.54) is 10.9 Å². The molecular weight excluding hydrogens is 380 g/mol. The lowest BCUT2D eigenvalue weighted by Gasteiger charge is -2.09. The minimum absolute atomic E-state index is 0.196. The van der Waals surface area contributed by atoms with Crippen LogP contribution in [-0.2, 0) is 17.1 Å². The molecule has 0 aromatic carbocycles. The van der Waals surface area contributed by atoms with Crippen LogP contribution in [0.2, 0.25) is 0 Å². The third-order valence-corrected chi connectivity index (χ3v) is 6.20. The van der Waals surface area contributed by atoms with Crippen LogP contribution in [0.3, 0.4) is 0 Å². The van der Waals surface area contributed by atoms with Crippen molar-refractivity contribution >= 4 is 43.0 Å². The first-order valence-corrected chi connectivity index (χ1v) is 9.06. The van der Waals surface area contributed by atoms with Crippen LogP contribution in [0.25, 0.3) is 0 Å². The molecule has 0 unspecified atom stereocenters. The second-order valence-electron chi connectivity index (χ2n) is 4.06. The molecule has 0 aliphatic carbocycles. The Hall–Kier alpha value is -1.23. The van der Waals surface area contributed by atoms with E-state index in [4.69, 9.17) is 0 Å². The Labute approximate surface area is 134 Å². The van der Waals surface area contributed by atoms with Crippen LogP contribution >= 0.6 is 27.3 Å². The van der Waals surface area contributed by atoms with Gasteiger partial charge in [0.25, 0.3) is 5.56 Å². The van der Waals surface area contributed by atoms with Crippen LogP contribution in [-0.4, -0.2) is 31.3 Å². The molecule has 0 saturated heterocycles. The first-order chi connectivity index (χ1) is 9.92. The van der Waals surface area contributed by atoms with Crippen molar-refractivity contribution in [3.8, 4) is 0 Å². The predicted molar refractivity (Wildman–Crippen MR) is 85.2 cm³/mol. The Morgan fingerprint density at radius 1 is 1.43 bits per heavy atom. The Kier molecular flexibility index (Phi) is 5.14. The lowest BCUT2D eigenvalue weighted by Crippen LogP contribution is -2.29. The minimum atomic E-state index is -3.46. The van der Waals surface area contributed by atoms with Gasteiger partial charge in [0.1, 0.15) is 8.68 Å². The molecule has 21 heavy (non-hydrogen) atoms. The third kappa shape index (κ3) is 3.90. The van der Waals surface area contributed by atoms with Crippen LogP contribution in [0.15, 0.2) is 37.2 Å². The number of hydrogen-bond donors (Lipinski definition) is 2. The summed E-state index contributed by atoms with van der Waals surface area (Å²) >= 11 is 4.34. The molecule has 0 radical (unpaired) electrons. The summed E-state index contributed by atoms with van der Waals surface area (Å²) in [5.74, 6) is 0. The number of sulfonamides is 1. The third-order valence-electron chi connectivity index (χ3n) is 2.57. The Bertz CT molecular complexity index is 771. The molecule has 7 nitrogen and oxygen atoms in total. The highest BCUT2D eigenvalue weighted by atomic mass is 79.9. The number of nitrogens with zero attached hydrogens (tertiary/aromatic N) is 2. The van der Waals surface area contributed by atoms with Gasteiger partial charge in [0.05, 0.1) is 11.9 Å². The molecule has 10 heteroatoms. The average Bonchev–Trinajstić information content (AvgIpc) is 2.98. The number of aryl methyl sites for hydroxylation is 1. The largest absolute Gasteiger partial charge is 0.381 e. The zero-order valence-electron chi connectivity index (χ0n) is 11.0. The lowest BCUT2D eigenvalue weighted by molar-refractivity contribution is 0.585. The number of rotatable bonds is 6. The SMILES string of the molecule is Cn1ncc(NCCNS(=O)(=O)c2cccs2)c(Br)c1=O. The van der Waals surface area contributed by atoms with Crippen molar-refractivity contribution in [1.29, 1.82) is 0 Å². The maximum atomic E-state index is 11.9. The number of thiophene rings is 1. The maximum absolute atomic E-state index is 11.9. The first-order valence-electron chi connectivity index (χ1n) is 5.90. The molecule has 0 atom stereocenters. The molecule has 0 saturated carbocycles. The topological polar surface area (TPSA) is 93.1 Å². The molecular formula is C11H13BrN4O3S2. The number of nitrogens with one attached hydrogen (secondary N) is 2. The number of anilines is 1. The molecule has 2 N–H and O–H groups in total. The second-order valence-corrected chi connectivity index (χ2v) is 7.79.